The molecule has 0 aliphatic carbocycles. The van der Waals surface area contributed by atoms with E-state index < -0.39 is 0 Å². The molecular weight excluding hydrogens is 404 g/mol. The first-order valence-corrected chi connectivity index (χ1v) is 10.7. The van der Waals surface area contributed by atoms with E-state index in [-0.39, 0.29) is 0 Å². The van der Waals surface area contributed by atoms with E-state index >= 15 is 0 Å². The molecule has 0 bridgehead atoms. The molecule has 0 spiro atoms. The zero-order chi connectivity index (χ0) is 20.6. The van der Waals surface area contributed by atoms with Crippen LogP contribution in [-0.2, 0) is 0 Å². The molecule has 0 unspecified atom stereocenters. The van der Waals surface area contributed by atoms with Gasteiger partial charge in [-0.3, -0.25) is 0 Å². The van der Waals surface area contributed by atoms with Gasteiger partial charge in [0.05, 0.1) is 23.0 Å². The van der Waals surface area contributed by atoms with Gasteiger partial charge in [-0.25, -0.2) is 19.6 Å². The largest absolute Gasteiger partial charge is 0.315 e. The second kappa shape index (κ2) is 7.30. The molecule has 0 aliphatic rings. The molecule has 31 heavy (non-hydrogen) atoms. The lowest BCUT2D eigenvalue weighted by atomic mass is 10.1. The summed E-state index contributed by atoms with van der Waals surface area (Å²) in [6, 6.07) is 24.7. The van der Waals surface area contributed by atoms with Crippen LogP contribution in [0.2, 0.25) is 0 Å². The van der Waals surface area contributed by atoms with Gasteiger partial charge in [0, 0.05) is 10.9 Å². The summed E-state index contributed by atoms with van der Waals surface area (Å²) < 4.78 is 1.81. The number of hydrogen-bond acceptors (Lipinski definition) is 6. The highest BCUT2D eigenvalue weighted by molar-refractivity contribution is 7.14. The van der Waals surface area contributed by atoms with Crippen LogP contribution in [0.1, 0.15) is 0 Å². The van der Waals surface area contributed by atoms with Crippen LogP contribution in [0, 0.1) is 0 Å². The summed E-state index contributed by atoms with van der Waals surface area (Å²) in [6.07, 6.45) is 3.33. The maximum atomic E-state index is 4.77. The molecule has 6 aromatic rings. The molecule has 3 aromatic carbocycles. The van der Waals surface area contributed by atoms with Crippen LogP contribution in [0.5, 0.6) is 0 Å². The van der Waals surface area contributed by atoms with Crippen LogP contribution in [0.25, 0.3) is 38.8 Å². The zero-order valence-corrected chi connectivity index (χ0v) is 17.1. The van der Waals surface area contributed by atoms with E-state index in [0.29, 0.717) is 5.82 Å². The molecule has 0 radical (unpaired) electrons. The van der Waals surface area contributed by atoms with Crippen molar-refractivity contribution in [3.63, 3.8) is 0 Å². The summed E-state index contributed by atoms with van der Waals surface area (Å²) >= 11 is 1.55. The van der Waals surface area contributed by atoms with Gasteiger partial charge in [0.15, 0.2) is 10.8 Å². The number of hydrogen-bond donors (Lipinski definition) is 1. The van der Waals surface area contributed by atoms with Crippen molar-refractivity contribution < 1.29 is 0 Å². The van der Waals surface area contributed by atoms with E-state index in [1.54, 1.807) is 23.9 Å². The Morgan fingerprint density at radius 2 is 1.68 bits per heavy atom. The highest BCUT2D eigenvalue weighted by atomic mass is 32.1. The molecule has 1 N–H and O–H groups in total. The van der Waals surface area contributed by atoms with Crippen molar-refractivity contribution in [3.8, 4) is 16.9 Å². The van der Waals surface area contributed by atoms with Crippen molar-refractivity contribution in [1.29, 1.82) is 0 Å². The van der Waals surface area contributed by atoms with Crippen molar-refractivity contribution in [1.82, 2.24) is 24.7 Å². The quantitative estimate of drug-likeness (QED) is 0.388. The van der Waals surface area contributed by atoms with Crippen LogP contribution in [0.15, 0.2) is 90.7 Å². The Bertz CT molecular complexity index is 1520. The average Bonchev–Trinajstić information content (AvgIpc) is 3.47. The SMILES string of the molecule is c1ccc(-n2ncc3c(Nc4nc(-c5ccc6ccccc6c5)cs4)ncnc32)cc1. The minimum atomic E-state index is 0.687. The van der Waals surface area contributed by atoms with Gasteiger partial charge in [0.2, 0.25) is 0 Å². The van der Waals surface area contributed by atoms with Crippen molar-refractivity contribution in [3.05, 3.63) is 90.7 Å². The Morgan fingerprint density at radius 1 is 0.839 bits per heavy atom. The van der Waals surface area contributed by atoms with Crippen LogP contribution in [-0.4, -0.2) is 24.7 Å². The normalized spacial score (nSPS) is 11.2. The van der Waals surface area contributed by atoms with Gasteiger partial charge < -0.3 is 5.32 Å². The number of thiazole rings is 1. The molecule has 0 saturated heterocycles. The Morgan fingerprint density at radius 3 is 2.58 bits per heavy atom. The maximum Gasteiger partial charge on any atom is 0.188 e. The molecule has 148 valence electrons. The number of fused-ring (bicyclic) bond motifs is 2. The van der Waals surface area contributed by atoms with Gasteiger partial charge in [-0.2, -0.15) is 5.10 Å². The standard InChI is InChI=1S/C24H16N6S/c1-2-8-19(9-3-1)30-23-20(13-27-30)22(25-15-26-23)29-24-28-21(14-31-24)18-11-10-16-6-4-5-7-17(16)12-18/h1-15H,(H,25,26,28,29). The molecule has 6 rings (SSSR count). The van der Waals surface area contributed by atoms with Crippen molar-refractivity contribution in [2.75, 3.05) is 5.32 Å². The third-order valence-electron chi connectivity index (χ3n) is 5.14. The highest BCUT2D eigenvalue weighted by Crippen LogP contribution is 2.30. The number of anilines is 2. The third kappa shape index (κ3) is 3.21. The predicted octanol–water partition coefficient (Wildman–Crippen LogP) is 5.84. The summed E-state index contributed by atoms with van der Waals surface area (Å²) in [6.45, 7) is 0. The molecule has 0 saturated carbocycles. The number of para-hydroxylation sites is 1. The van der Waals surface area contributed by atoms with E-state index in [2.05, 4.69) is 68.2 Å². The molecule has 0 fully saturated rings. The molecule has 3 aromatic heterocycles. The monoisotopic (exact) mass is 420 g/mol. The lowest BCUT2D eigenvalue weighted by Crippen LogP contribution is -1.99. The van der Waals surface area contributed by atoms with E-state index in [1.165, 1.54) is 10.8 Å². The first-order chi connectivity index (χ1) is 15.3. The van der Waals surface area contributed by atoms with Gasteiger partial charge in [-0.05, 0) is 29.0 Å². The lowest BCUT2D eigenvalue weighted by molar-refractivity contribution is 0.895. The van der Waals surface area contributed by atoms with Crippen molar-refractivity contribution in [2.45, 2.75) is 0 Å². The topological polar surface area (TPSA) is 68.5 Å². The Balaban J connectivity index is 1.33. The number of benzene rings is 3. The van der Waals surface area contributed by atoms with E-state index in [9.17, 15) is 0 Å². The summed E-state index contributed by atoms with van der Waals surface area (Å²) in [4.78, 5) is 13.6. The van der Waals surface area contributed by atoms with Gasteiger partial charge in [0.1, 0.15) is 12.1 Å². The highest BCUT2D eigenvalue weighted by Gasteiger charge is 2.13. The average molecular weight is 421 g/mol. The van der Waals surface area contributed by atoms with E-state index in [1.807, 2.05) is 35.0 Å². The Kier molecular flexibility index (Phi) is 4.18. The predicted molar refractivity (Wildman–Crippen MR) is 125 cm³/mol. The summed E-state index contributed by atoms with van der Waals surface area (Å²) in [5.41, 5.74) is 3.72. The molecule has 6 nitrogen and oxygen atoms in total. The fraction of sp³-hybridized carbons (Fsp3) is 0. The second-order valence-corrected chi connectivity index (χ2v) is 7.93. The molecule has 3 heterocycles. The number of nitrogens with zero attached hydrogens (tertiary/aromatic N) is 5. The van der Waals surface area contributed by atoms with E-state index in [4.69, 9.17) is 4.98 Å². The first kappa shape index (κ1) is 17.7. The summed E-state index contributed by atoms with van der Waals surface area (Å²) in [5, 5.41) is 13.9. The van der Waals surface area contributed by atoms with Gasteiger partial charge >= 0.3 is 0 Å². The molecule has 7 heteroatoms. The van der Waals surface area contributed by atoms with Crippen LogP contribution in [0.4, 0.5) is 10.9 Å². The Hall–Kier alpha value is -4.10. The summed E-state index contributed by atoms with van der Waals surface area (Å²) in [5.74, 6) is 0.687. The maximum absolute atomic E-state index is 4.77. The van der Waals surface area contributed by atoms with E-state index in [0.717, 1.165) is 33.1 Å². The third-order valence-corrected chi connectivity index (χ3v) is 5.90. The van der Waals surface area contributed by atoms with Crippen LogP contribution < -0.4 is 5.32 Å². The second-order valence-electron chi connectivity index (χ2n) is 7.08. The first-order valence-electron chi connectivity index (χ1n) is 9.81. The van der Waals surface area contributed by atoms with Crippen LogP contribution >= 0.6 is 11.3 Å². The van der Waals surface area contributed by atoms with Crippen molar-refractivity contribution >= 4 is 44.1 Å². The molecule has 0 amide bonds. The number of aromatic nitrogens is 5. The number of nitrogens with one attached hydrogen (secondary N) is 1. The Labute approximate surface area is 181 Å². The van der Waals surface area contributed by atoms with Crippen molar-refractivity contribution in [2.24, 2.45) is 0 Å². The molecular formula is C24H16N6S. The lowest BCUT2D eigenvalue weighted by Gasteiger charge is -2.05. The summed E-state index contributed by atoms with van der Waals surface area (Å²) in [7, 11) is 0. The minimum absolute atomic E-state index is 0.687. The van der Waals surface area contributed by atoms with Crippen LogP contribution in [0.3, 0.4) is 0 Å². The van der Waals surface area contributed by atoms with Gasteiger partial charge in [-0.1, -0.05) is 54.6 Å². The number of rotatable bonds is 4. The minimum Gasteiger partial charge on any atom is -0.315 e. The fourth-order valence-electron chi connectivity index (χ4n) is 3.62. The van der Waals surface area contributed by atoms with Gasteiger partial charge in [-0.15, -0.1) is 11.3 Å². The molecule has 0 atom stereocenters. The fourth-order valence-corrected chi connectivity index (χ4v) is 4.33. The molecule has 0 aliphatic heterocycles. The van der Waals surface area contributed by atoms with Gasteiger partial charge in [0.25, 0.3) is 0 Å². The zero-order valence-electron chi connectivity index (χ0n) is 16.3. The smallest absolute Gasteiger partial charge is 0.188 e.